The van der Waals surface area contributed by atoms with Crippen molar-refractivity contribution in [3.63, 3.8) is 0 Å². The predicted octanol–water partition coefficient (Wildman–Crippen LogP) is 5.18. The van der Waals surface area contributed by atoms with Gasteiger partial charge in [0.05, 0.1) is 24.9 Å². The van der Waals surface area contributed by atoms with E-state index in [1.807, 2.05) is 12.1 Å². The number of likely N-dealkylation sites (tertiary alicyclic amines) is 1. The van der Waals surface area contributed by atoms with Crippen molar-refractivity contribution in [2.75, 3.05) is 25.5 Å². The molecule has 44 heavy (non-hydrogen) atoms. The maximum Gasteiger partial charge on any atom is 0.410 e. The van der Waals surface area contributed by atoms with Gasteiger partial charge >= 0.3 is 12.0 Å². The van der Waals surface area contributed by atoms with E-state index in [1.54, 1.807) is 45.2 Å². The molecule has 3 heterocycles. The molecule has 230 valence electrons. The van der Waals surface area contributed by atoms with Gasteiger partial charge in [0.25, 0.3) is 0 Å². The molecular weight excluding hydrogens is 574 g/mol. The van der Waals surface area contributed by atoms with Crippen LogP contribution in [0.25, 0.3) is 11.3 Å². The molecule has 1 N–H and O–H groups in total. The van der Waals surface area contributed by atoms with Crippen LogP contribution in [-0.4, -0.2) is 69.7 Å². The summed E-state index contributed by atoms with van der Waals surface area (Å²) in [5, 5.41) is 12.6. The molecule has 5 rings (SSSR count). The maximum absolute atomic E-state index is 15.0. The summed E-state index contributed by atoms with van der Waals surface area (Å²) in [6.45, 7) is 4.14. The zero-order valence-corrected chi connectivity index (χ0v) is 24.7. The second-order valence-corrected chi connectivity index (χ2v) is 11.7. The van der Waals surface area contributed by atoms with Crippen molar-refractivity contribution < 1.29 is 32.6 Å². The van der Waals surface area contributed by atoms with Crippen LogP contribution in [0.5, 0.6) is 11.6 Å². The molecule has 2 aliphatic rings. The zero-order chi connectivity index (χ0) is 31.6. The number of piperidine rings is 1. The molecule has 2 aromatic heterocycles. The highest BCUT2D eigenvalue weighted by Crippen LogP contribution is 2.48. The molecule has 0 bridgehead atoms. The van der Waals surface area contributed by atoms with Crippen LogP contribution in [0.2, 0.25) is 0 Å². The number of alkyl halides is 2. The molecule has 2 amide bonds. The first kappa shape index (κ1) is 30.6. The van der Waals surface area contributed by atoms with Crippen molar-refractivity contribution in [2.24, 2.45) is 5.92 Å². The monoisotopic (exact) mass is 606 g/mol. The summed E-state index contributed by atoms with van der Waals surface area (Å²) in [5.41, 5.74) is 1.10. The number of carbonyl (C=O) groups is 2. The van der Waals surface area contributed by atoms with Gasteiger partial charge in [-0.25, -0.2) is 28.5 Å². The van der Waals surface area contributed by atoms with E-state index in [-0.39, 0.29) is 47.8 Å². The third-order valence-electron chi connectivity index (χ3n) is 7.29. The molecule has 13 heteroatoms. The van der Waals surface area contributed by atoms with E-state index in [0.29, 0.717) is 23.6 Å². The maximum atomic E-state index is 15.0. The van der Waals surface area contributed by atoms with Crippen LogP contribution in [-0.2, 0) is 9.53 Å². The van der Waals surface area contributed by atoms with E-state index in [4.69, 9.17) is 14.2 Å². The molecule has 1 saturated carbocycles. The van der Waals surface area contributed by atoms with Gasteiger partial charge in [0.2, 0.25) is 11.8 Å². The van der Waals surface area contributed by atoms with Crippen LogP contribution in [0.4, 0.5) is 19.4 Å². The number of amides is 2. The van der Waals surface area contributed by atoms with Crippen molar-refractivity contribution in [1.29, 1.82) is 5.26 Å². The van der Waals surface area contributed by atoms with E-state index in [2.05, 4.69) is 20.3 Å². The lowest BCUT2D eigenvalue weighted by molar-refractivity contribution is -0.137. The summed E-state index contributed by atoms with van der Waals surface area (Å²) >= 11 is 0. The number of methoxy groups -OCH3 is 1. The standard InChI is InChI=1S/C31H32F2N6O5/c1-30(2,3)44-29(41)39-10-9-25(31(32,33)16-39)43-24-7-5-18(11-20(24)14-34)23-13-26(37-17-36-23)38-28(40)22-12-21(22)19-6-8-27(42-4)35-15-19/h5-8,11,13,15,17,21-22,25H,9-10,12,16H2,1-4H3,(H,36,37,38,40)/t21-,22+,25-/m0/s1. The van der Waals surface area contributed by atoms with Crippen LogP contribution in [0.3, 0.4) is 0 Å². The lowest BCUT2D eigenvalue weighted by atomic mass is 10.0. The van der Waals surface area contributed by atoms with Gasteiger partial charge in [0, 0.05) is 42.8 Å². The normalized spacial score (nSPS) is 20.7. The van der Waals surface area contributed by atoms with Crippen LogP contribution in [0.15, 0.2) is 48.9 Å². The smallest absolute Gasteiger partial charge is 0.410 e. The molecular formula is C31H32F2N6O5. The minimum Gasteiger partial charge on any atom is -0.483 e. The average molecular weight is 607 g/mol. The van der Waals surface area contributed by atoms with E-state index in [9.17, 15) is 14.9 Å². The van der Waals surface area contributed by atoms with Gasteiger partial charge in [-0.05, 0) is 56.9 Å². The summed E-state index contributed by atoms with van der Waals surface area (Å²) in [6, 6.07) is 11.7. The number of pyridine rings is 1. The van der Waals surface area contributed by atoms with Gasteiger partial charge in [-0.2, -0.15) is 5.26 Å². The number of hydrogen-bond acceptors (Lipinski definition) is 9. The molecule has 3 aromatic rings. The lowest BCUT2D eigenvalue weighted by Gasteiger charge is -2.38. The van der Waals surface area contributed by atoms with Crippen LogP contribution < -0.4 is 14.8 Å². The zero-order valence-electron chi connectivity index (χ0n) is 24.7. The van der Waals surface area contributed by atoms with E-state index in [1.165, 1.54) is 25.6 Å². The fourth-order valence-corrected chi connectivity index (χ4v) is 4.97. The van der Waals surface area contributed by atoms with E-state index in [0.717, 1.165) is 10.5 Å². The van der Waals surface area contributed by atoms with E-state index < -0.39 is 30.3 Å². The Morgan fingerprint density at radius 2 is 1.93 bits per heavy atom. The Morgan fingerprint density at radius 3 is 2.59 bits per heavy atom. The van der Waals surface area contributed by atoms with Crippen molar-refractivity contribution in [2.45, 2.75) is 57.2 Å². The Kier molecular flexibility index (Phi) is 8.36. The SMILES string of the molecule is COc1ccc([C@@H]2C[C@H]2C(=O)Nc2cc(-c3ccc(O[C@H]4CCN(C(=O)OC(C)(C)C)CC4(F)F)c(C#N)c3)ncn2)cn1. The number of nitriles is 1. The van der Waals surface area contributed by atoms with Gasteiger partial charge in [0.1, 0.15) is 29.6 Å². The number of hydrogen-bond donors (Lipinski definition) is 1. The van der Waals surface area contributed by atoms with Crippen LogP contribution in [0, 0.1) is 17.2 Å². The molecule has 1 saturated heterocycles. The fraction of sp³-hybridized carbons (Fsp3) is 0.419. The summed E-state index contributed by atoms with van der Waals surface area (Å²) in [5.74, 6) is -2.95. The van der Waals surface area contributed by atoms with Gasteiger partial charge in [-0.1, -0.05) is 6.07 Å². The third kappa shape index (κ3) is 7.02. The lowest BCUT2D eigenvalue weighted by Crippen LogP contribution is -2.56. The first-order valence-electron chi connectivity index (χ1n) is 14.1. The topological polar surface area (TPSA) is 140 Å². The third-order valence-corrected chi connectivity index (χ3v) is 7.29. The van der Waals surface area contributed by atoms with Crippen molar-refractivity contribution in [3.05, 3.63) is 60.0 Å². The first-order valence-corrected chi connectivity index (χ1v) is 14.1. The molecule has 1 aromatic carbocycles. The van der Waals surface area contributed by atoms with Crippen LogP contribution >= 0.6 is 0 Å². The largest absolute Gasteiger partial charge is 0.483 e. The number of ether oxygens (including phenoxy) is 3. The number of rotatable bonds is 7. The number of halogens is 2. The summed E-state index contributed by atoms with van der Waals surface area (Å²) < 4.78 is 46.0. The quantitative estimate of drug-likeness (QED) is 0.385. The highest BCUT2D eigenvalue weighted by atomic mass is 19.3. The van der Waals surface area contributed by atoms with Crippen molar-refractivity contribution >= 4 is 17.8 Å². The summed E-state index contributed by atoms with van der Waals surface area (Å²) in [7, 11) is 1.54. The predicted molar refractivity (Wildman–Crippen MR) is 154 cm³/mol. The molecule has 1 aliphatic heterocycles. The van der Waals surface area contributed by atoms with Gasteiger partial charge in [0.15, 0.2) is 6.10 Å². The molecule has 0 spiro atoms. The Balaban J connectivity index is 1.23. The van der Waals surface area contributed by atoms with Crippen molar-refractivity contribution in [1.82, 2.24) is 19.9 Å². The van der Waals surface area contributed by atoms with E-state index >= 15 is 8.78 Å². The molecule has 11 nitrogen and oxygen atoms in total. The number of anilines is 1. The van der Waals surface area contributed by atoms with Crippen LogP contribution in [0.1, 0.15) is 50.7 Å². The number of nitrogens with zero attached hydrogens (tertiary/aromatic N) is 5. The van der Waals surface area contributed by atoms with Gasteiger partial charge in [-0.3, -0.25) is 4.79 Å². The molecule has 1 aliphatic carbocycles. The highest BCUT2D eigenvalue weighted by Gasteiger charge is 2.48. The Hall–Kier alpha value is -4.86. The first-order chi connectivity index (χ1) is 20.9. The van der Waals surface area contributed by atoms with Gasteiger partial charge in [-0.15, -0.1) is 0 Å². The Morgan fingerprint density at radius 1 is 1.14 bits per heavy atom. The second-order valence-electron chi connectivity index (χ2n) is 11.7. The molecule has 0 radical (unpaired) electrons. The second kappa shape index (κ2) is 12.0. The molecule has 2 fully saturated rings. The number of nitrogens with one attached hydrogen (secondary N) is 1. The average Bonchev–Trinajstić information content (AvgIpc) is 3.79. The fourth-order valence-electron chi connectivity index (χ4n) is 4.97. The minimum atomic E-state index is -3.37. The van der Waals surface area contributed by atoms with Crippen molar-refractivity contribution in [3.8, 4) is 29.0 Å². The highest BCUT2D eigenvalue weighted by molar-refractivity contribution is 5.94. The molecule has 3 atom stereocenters. The van der Waals surface area contributed by atoms with Gasteiger partial charge < -0.3 is 24.4 Å². The molecule has 0 unspecified atom stereocenters. The summed E-state index contributed by atoms with van der Waals surface area (Å²) in [4.78, 5) is 38.7. The minimum absolute atomic E-state index is 0.0120. The summed E-state index contributed by atoms with van der Waals surface area (Å²) in [6.07, 6.45) is 1.17. The Bertz CT molecular complexity index is 1590. The number of benzene rings is 1. The number of aromatic nitrogens is 3. The number of carbonyl (C=O) groups excluding carboxylic acids is 2. The Labute approximate surface area is 253 Å².